The van der Waals surface area contributed by atoms with Gasteiger partial charge in [0.25, 0.3) is 0 Å². The first-order chi connectivity index (χ1) is 10.5. The van der Waals surface area contributed by atoms with Crippen molar-refractivity contribution in [2.45, 2.75) is 51.6 Å². The molecule has 1 aliphatic rings. The highest BCUT2D eigenvalue weighted by atomic mass is 16.5. The van der Waals surface area contributed by atoms with E-state index in [1.165, 1.54) is 0 Å². The largest absolute Gasteiger partial charge is 0.459 e. The van der Waals surface area contributed by atoms with E-state index in [-0.39, 0.29) is 25.3 Å². The molecule has 0 heterocycles. The third kappa shape index (κ3) is 5.71. The van der Waals surface area contributed by atoms with E-state index in [4.69, 9.17) is 0 Å². The summed E-state index contributed by atoms with van der Waals surface area (Å²) in [6.45, 7) is 3.56. The zero-order valence-electron chi connectivity index (χ0n) is 12.8. The van der Waals surface area contributed by atoms with Crippen LogP contribution in [0.4, 0.5) is 0 Å². The standard InChI is InChI=1S/C14H22N2O6/c1-3-21-13(19)11(17)15-9-5-7-10(8-6-9)16-12(18)14(20)22-4-2/h9-10H,3-8H2,1-2H3,(H,15,17)(H,16,18). The third-order valence-corrected chi connectivity index (χ3v) is 3.32. The SMILES string of the molecule is CCOC(=O)C(=O)NC1CCC(NC(=O)C(=O)OCC)CC1. The number of hydrogen-bond donors (Lipinski definition) is 2. The van der Waals surface area contributed by atoms with E-state index in [0.29, 0.717) is 25.7 Å². The van der Waals surface area contributed by atoms with Crippen LogP contribution >= 0.6 is 0 Å². The lowest BCUT2D eigenvalue weighted by Crippen LogP contribution is -2.47. The Morgan fingerprint density at radius 1 is 0.773 bits per heavy atom. The monoisotopic (exact) mass is 314 g/mol. The summed E-state index contributed by atoms with van der Waals surface area (Å²) in [4.78, 5) is 45.5. The average molecular weight is 314 g/mol. The second-order valence-electron chi connectivity index (χ2n) is 4.94. The van der Waals surface area contributed by atoms with E-state index in [2.05, 4.69) is 20.1 Å². The normalized spacial score (nSPS) is 20.6. The zero-order valence-corrected chi connectivity index (χ0v) is 12.8. The number of nitrogens with one attached hydrogen (secondary N) is 2. The molecule has 8 heteroatoms. The Morgan fingerprint density at radius 2 is 1.09 bits per heavy atom. The van der Waals surface area contributed by atoms with Crippen LogP contribution in [0.15, 0.2) is 0 Å². The molecule has 8 nitrogen and oxygen atoms in total. The molecule has 0 aromatic heterocycles. The lowest BCUT2D eigenvalue weighted by atomic mass is 9.91. The highest BCUT2D eigenvalue weighted by Gasteiger charge is 2.27. The fraction of sp³-hybridized carbons (Fsp3) is 0.714. The van der Waals surface area contributed by atoms with Gasteiger partial charge in [-0.1, -0.05) is 0 Å². The van der Waals surface area contributed by atoms with Gasteiger partial charge >= 0.3 is 23.8 Å². The van der Waals surface area contributed by atoms with Crippen molar-refractivity contribution in [3.63, 3.8) is 0 Å². The van der Waals surface area contributed by atoms with E-state index in [1.54, 1.807) is 13.8 Å². The van der Waals surface area contributed by atoms with Gasteiger partial charge in [0.2, 0.25) is 0 Å². The van der Waals surface area contributed by atoms with Crippen LogP contribution in [0.1, 0.15) is 39.5 Å². The van der Waals surface area contributed by atoms with Crippen molar-refractivity contribution >= 4 is 23.8 Å². The zero-order chi connectivity index (χ0) is 16.5. The minimum absolute atomic E-state index is 0.132. The van der Waals surface area contributed by atoms with Crippen molar-refractivity contribution in [3.8, 4) is 0 Å². The van der Waals surface area contributed by atoms with Crippen molar-refractivity contribution in [2.75, 3.05) is 13.2 Å². The highest BCUT2D eigenvalue weighted by Crippen LogP contribution is 2.18. The third-order valence-electron chi connectivity index (χ3n) is 3.32. The Morgan fingerprint density at radius 3 is 1.36 bits per heavy atom. The van der Waals surface area contributed by atoms with Gasteiger partial charge in [-0.3, -0.25) is 9.59 Å². The van der Waals surface area contributed by atoms with Crippen LogP contribution in [0, 0.1) is 0 Å². The van der Waals surface area contributed by atoms with E-state index in [1.807, 2.05) is 0 Å². The molecular formula is C14H22N2O6. The van der Waals surface area contributed by atoms with E-state index in [0.717, 1.165) is 0 Å². The summed E-state index contributed by atoms with van der Waals surface area (Å²) in [6, 6.07) is -0.264. The van der Waals surface area contributed by atoms with E-state index in [9.17, 15) is 19.2 Å². The van der Waals surface area contributed by atoms with Gasteiger partial charge in [0.15, 0.2) is 0 Å². The number of rotatable bonds is 4. The van der Waals surface area contributed by atoms with Gasteiger partial charge in [-0.05, 0) is 39.5 Å². The molecule has 0 spiro atoms. The molecule has 0 bridgehead atoms. The molecule has 2 N–H and O–H groups in total. The lowest BCUT2D eigenvalue weighted by molar-refractivity contribution is -0.155. The molecule has 0 saturated heterocycles. The van der Waals surface area contributed by atoms with Crippen molar-refractivity contribution < 1.29 is 28.7 Å². The molecular weight excluding hydrogens is 292 g/mol. The topological polar surface area (TPSA) is 111 Å². The van der Waals surface area contributed by atoms with Crippen molar-refractivity contribution in [1.29, 1.82) is 0 Å². The molecule has 1 saturated carbocycles. The summed E-state index contributed by atoms with van der Waals surface area (Å²) in [6.07, 6.45) is 2.44. The molecule has 1 aliphatic carbocycles. The van der Waals surface area contributed by atoms with Crippen LogP contribution in [0.2, 0.25) is 0 Å². The summed E-state index contributed by atoms with van der Waals surface area (Å²) in [5.41, 5.74) is 0. The van der Waals surface area contributed by atoms with Crippen LogP contribution in [0.5, 0.6) is 0 Å². The number of ether oxygens (including phenoxy) is 2. The second kappa shape index (κ2) is 9.01. The molecule has 0 aromatic carbocycles. The molecule has 0 unspecified atom stereocenters. The summed E-state index contributed by atoms with van der Waals surface area (Å²) in [5, 5.41) is 5.21. The van der Waals surface area contributed by atoms with Crippen molar-refractivity contribution in [2.24, 2.45) is 0 Å². The van der Waals surface area contributed by atoms with Gasteiger partial charge in [0.05, 0.1) is 13.2 Å². The first-order valence-corrected chi connectivity index (χ1v) is 7.43. The van der Waals surface area contributed by atoms with Crippen LogP contribution in [0.25, 0.3) is 0 Å². The lowest BCUT2D eigenvalue weighted by Gasteiger charge is -2.29. The van der Waals surface area contributed by atoms with E-state index < -0.39 is 23.8 Å². The maximum absolute atomic E-state index is 11.5. The minimum atomic E-state index is -0.889. The smallest absolute Gasteiger partial charge is 0.396 e. The quantitative estimate of drug-likeness (QED) is 0.542. The maximum atomic E-state index is 11.5. The number of carbonyl (C=O) groups is 4. The Bertz CT molecular complexity index is 389. The molecule has 0 aromatic rings. The Hall–Kier alpha value is -2.12. The van der Waals surface area contributed by atoms with Crippen LogP contribution in [0.3, 0.4) is 0 Å². The van der Waals surface area contributed by atoms with Crippen LogP contribution in [-0.4, -0.2) is 49.1 Å². The van der Waals surface area contributed by atoms with Crippen LogP contribution in [-0.2, 0) is 28.7 Å². The summed E-state index contributed by atoms with van der Waals surface area (Å²) in [7, 11) is 0. The molecule has 0 atom stereocenters. The van der Waals surface area contributed by atoms with Gasteiger partial charge in [-0.15, -0.1) is 0 Å². The maximum Gasteiger partial charge on any atom is 0.396 e. The number of carbonyl (C=O) groups excluding carboxylic acids is 4. The van der Waals surface area contributed by atoms with Gasteiger partial charge in [0.1, 0.15) is 0 Å². The minimum Gasteiger partial charge on any atom is -0.459 e. The van der Waals surface area contributed by atoms with E-state index >= 15 is 0 Å². The van der Waals surface area contributed by atoms with Gasteiger partial charge in [0, 0.05) is 12.1 Å². The molecule has 1 rings (SSSR count). The average Bonchev–Trinajstić information content (AvgIpc) is 2.49. The van der Waals surface area contributed by atoms with Gasteiger partial charge < -0.3 is 20.1 Å². The second-order valence-corrected chi connectivity index (χ2v) is 4.94. The molecule has 0 radical (unpaired) electrons. The van der Waals surface area contributed by atoms with Gasteiger partial charge in [-0.2, -0.15) is 0 Å². The van der Waals surface area contributed by atoms with Crippen molar-refractivity contribution in [1.82, 2.24) is 10.6 Å². The first kappa shape index (κ1) is 17.9. The molecule has 124 valence electrons. The molecule has 0 aliphatic heterocycles. The number of amides is 2. The Balaban J connectivity index is 2.31. The first-order valence-electron chi connectivity index (χ1n) is 7.43. The fourth-order valence-electron chi connectivity index (χ4n) is 2.26. The predicted molar refractivity (Wildman–Crippen MR) is 75.6 cm³/mol. The fourth-order valence-corrected chi connectivity index (χ4v) is 2.26. The number of hydrogen-bond acceptors (Lipinski definition) is 6. The Kier molecular flexibility index (Phi) is 7.34. The Labute approximate surface area is 128 Å². The van der Waals surface area contributed by atoms with Gasteiger partial charge in [-0.25, -0.2) is 9.59 Å². The number of esters is 2. The summed E-state index contributed by atoms with van der Waals surface area (Å²) < 4.78 is 9.22. The van der Waals surface area contributed by atoms with Crippen molar-refractivity contribution in [3.05, 3.63) is 0 Å². The summed E-state index contributed by atoms with van der Waals surface area (Å²) >= 11 is 0. The predicted octanol–water partition coefficient (Wildman–Crippen LogP) is -0.344. The molecule has 1 fully saturated rings. The summed E-state index contributed by atoms with van der Waals surface area (Å²) in [5.74, 6) is -3.28. The molecule has 22 heavy (non-hydrogen) atoms. The molecule has 2 amide bonds. The van der Waals surface area contributed by atoms with Crippen LogP contribution < -0.4 is 10.6 Å². The highest BCUT2D eigenvalue weighted by molar-refractivity contribution is 6.32.